The lowest BCUT2D eigenvalue weighted by atomic mass is 10.1. The topological polar surface area (TPSA) is 66.9 Å². The number of amides is 1. The number of piperidine rings is 1. The molecule has 0 bridgehead atoms. The normalized spacial score (nSPS) is 14.7. The van der Waals surface area contributed by atoms with E-state index in [2.05, 4.69) is 0 Å². The average molecular weight is 415 g/mol. The first-order chi connectivity index (χ1) is 14.0. The van der Waals surface area contributed by atoms with Crippen LogP contribution in [0.2, 0.25) is 0 Å². The Bertz CT molecular complexity index is 935. The van der Waals surface area contributed by atoms with Crippen LogP contribution in [0.4, 0.5) is 5.69 Å². The van der Waals surface area contributed by atoms with E-state index in [0.717, 1.165) is 34.5 Å². The molecule has 2 aromatic carbocycles. The maximum atomic E-state index is 13.1. The number of hydrogen-bond acceptors (Lipinski definition) is 4. The second kappa shape index (κ2) is 9.60. The van der Waals surface area contributed by atoms with Gasteiger partial charge in [0.2, 0.25) is 5.91 Å². The third-order valence-electron chi connectivity index (χ3n) is 4.89. The minimum Gasteiger partial charge on any atom is -0.497 e. The maximum absolute atomic E-state index is 13.1. The number of carbonyl (C=O) groups excluding carboxylic acids is 1. The molecule has 0 spiro atoms. The molecule has 1 aliphatic heterocycles. The van der Waals surface area contributed by atoms with E-state index in [9.17, 15) is 13.2 Å². The average Bonchev–Trinajstić information content (AvgIpc) is 2.77. The van der Waals surface area contributed by atoms with E-state index >= 15 is 0 Å². The second-order valence-electron chi connectivity index (χ2n) is 6.90. The summed E-state index contributed by atoms with van der Waals surface area (Å²) in [6.45, 7) is 1.12. The van der Waals surface area contributed by atoms with Gasteiger partial charge in [-0.05, 0) is 55.2 Å². The van der Waals surface area contributed by atoms with Crippen molar-refractivity contribution in [2.45, 2.75) is 19.3 Å². The van der Waals surface area contributed by atoms with Gasteiger partial charge in [-0.25, -0.2) is 8.42 Å². The molecule has 1 heterocycles. The van der Waals surface area contributed by atoms with Crippen molar-refractivity contribution in [2.24, 2.45) is 0 Å². The summed E-state index contributed by atoms with van der Waals surface area (Å²) < 4.78 is 32.5. The Hall–Kier alpha value is -2.80. The third-order valence-corrected chi connectivity index (χ3v) is 6.32. The summed E-state index contributed by atoms with van der Waals surface area (Å²) in [6.07, 6.45) is 4.55. The number of benzene rings is 2. The van der Waals surface area contributed by atoms with Crippen LogP contribution in [0.25, 0.3) is 6.08 Å². The van der Waals surface area contributed by atoms with Crippen LogP contribution in [0.3, 0.4) is 0 Å². The molecule has 0 radical (unpaired) electrons. The van der Waals surface area contributed by atoms with Gasteiger partial charge in [0.1, 0.15) is 12.3 Å². The summed E-state index contributed by atoms with van der Waals surface area (Å²) >= 11 is 0. The minimum atomic E-state index is -3.86. The second-order valence-corrected chi connectivity index (χ2v) is 8.65. The Morgan fingerprint density at radius 2 is 1.69 bits per heavy atom. The Balaban J connectivity index is 1.88. The fraction of sp³-hybridized carbons (Fsp3) is 0.318. The molecule has 0 unspecified atom stereocenters. The molecule has 0 saturated carbocycles. The number of carbonyl (C=O) groups is 1. The fourth-order valence-electron chi connectivity index (χ4n) is 3.24. The number of likely N-dealkylation sites (tertiary alicyclic amines) is 1. The Morgan fingerprint density at radius 1 is 1.03 bits per heavy atom. The quantitative estimate of drug-likeness (QED) is 0.695. The summed E-state index contributed by atoms with van der Waals surface area (Å²) in [6, 6.07) is 15.9. The van der Waals surface area contributed by atoms with Crippen LogP contribution in [-0.2, 0) is 14.8 Å². The summed E-state index contributed by atoms with van der Waals surface area (Å²) in [5.74, 6) is 0.436. The first-order valence-corrected chi connectivity index (χ1v) is 11.2. The zero-order valence-corrected chi connectivity index (χ0v) is 17.3. The number of ether oxygens (including phenoxy) is 1. The lowest BCUT2D eigenvalue weighted by Crippen LogP contribution is -2.44. The Kier molecular flexibility index (Phi) is 6.93. The molecule has 6 nitrogen and oxygen atoms in total. The molecule has 154 valence electrons. The standard InChI is InChI=1S/C22H26N2O4S/c1-28-21-12-10-20(11-13-21)24(18-22(25)23-15-6-3-7-16-23)29(26,27)17-14-19-8-4-2-5-9-19/h2,4-5,8-14,17H,3,6-7,15-16,18H2,1H3/b17-14+. The van der Waals surface area contributed by atoms with Crippen molar-refractivity contribution >= 4 is 27.7 Å². The van der Waals surface area contributed by atoms with Gasteiger partial charge in [-0.1, -0.05) is 30.3 Å². The molecule has 0 aromatic heterocycles. The van der Waals surface area contributed by atoms with Crippen molar-refractivity contribution in [3.63, 3.8) is 0 Å². The van der Waals surface area contributed by atoms with Gasteiger partial charge in [0.15, 0.2) is 0 Å². The predicted molar refractivity (Wildman–Crippen MR) is 115 cm³/mol. The largest absolute Gasteiger partial charge is 0.497 e. The van der Waals surface area contributed by atoms with Gasteiger partial charge >= 0.3 is 0 Å². The number of nitrogens with zero attached hydrogens (tertiary/aromatic N) is 2. The fourth-order valence-corrected chi connectivity index (χ4v) is 4.43. The van der Waals surface area contributed by atoms with Crippen LogP contribution >= 0.6 is 0 Å². The zero-order valence-electron chi connectivity index (χ0n) is 16.5. The van der Waals surface area contributed by atoms with E-state index in [1.165, 1.54) is 6.08 Å². The van der Waals surface area contributed by atoms with Crippen LogP contribution in [0, 0.1) is 0 Å². The van der Waals surface area contributed by atoms with E-state index in [1.54, 1.807) is 36.3 Å². The van der Waals surface area contributed by atoms with Crippen molar-refractivity contribution in [2.75, 3.05) is 31.0 Å². The minimum absolute atomic E-state index is 0.183. The van der Waals surface area contributed by atoms with Crippen molar-refractivity contribution in [1.82, 2.24) is 4.90 Å². The molecule has 3 rings (SSSR count). The van der Waals surface area contributed by atoms with Crippen LogP contribution in [0.5, 0.6) is 5.75 Å². The van der Waals surface area contributed by atoms with Crippen LogP contribution in [-0.4, -0.2) is 46.0 Å². The van der Waals surface area contributed by atoms with Gasteiger partial charge < -0.3 is 9.64 Å². The first-order valence-electron chi connectivity index (χ1n) is 9.67. The predicted octanol–water partition coefficient (Wildman–Crippen LogP) is 3.51. The first kappa shape index (κ1) is 20.9. The maximum Gasteiger partial charge on any atom is 0.257 e. The van der Waals surface area contributed by atoms with Crippen LogP contribution in [0.1, 0.15) is 24.8 Å². The van der Waals surface area contributed by atoms with Crippen molar-refractivity contribution < 1.29 is 17.9 Å². The lowest BCUT2D eigenvalue weighted by molar-refractivity contribution is -0.130. The van der Waals surface area contributed by atoms with Gasteiger partial charge in [0.25, 0.3) is 10.0 Å². The number of hydrogen-bond donors (Lipinski definition) is 0. The highest BCUT2D eigenvalue weighted by Crippen LogP contribution is 2.23. The molecule has 1 aliphatic rings. The van der Waals surface area contributed by atoms with E-state index in [-0.39, 0.29) is 12.5 Å². The Morgan fingerprint density at radius 3 is 2.31 bits per heavy atom. The van der Waals surface area contributed by atoms with E-state index in [0.29, 0.717) is 24.5 Å². The molecule has 0 aliphatic carbocycles. The van der Waals surface area contributed by atoms with Gasteiger partial charge in [-0.2, -0.15) is 0 Å². The van der Waals surface area contributed by atoms with Crippen molar-refractivity contribution in [3.8, 4) is 5.75 Å². The van der Waals surface area contributed by atoms with Gasteiger partial charge in [-0.15, -0.1) is 0 Å². The molecule has 0 N–H and O–H groups in total. The molecule has 7 heteroatoms. The molecule has 1 fully saturated rings. The monoisotopic (exact) mass is 414 g/mol. The third kappa shape index (κ3) is 5.60. The highest BCUT2D eigenvalue weighted by molar-refractivity contribution is 7.95. The van der Waals surface area contributed by atoms with E-state index < -0.39 is 10.0 Å². The number of sulfonamides is 1. The number of rotatable bonds is 7. The summed E-state index contributed by atoms with van der Waals surface area (Å²) in [5.41, 5.74) is 1.20. The summed E-state index contributed by atoms with van der Waals surface area (Å²) in [4.78, 5) is 14.5. The van der Waals surface area contributed by atoms with Crippen molar-refractivity contribution in [3.05, 3.63) is 65.6 Å². The summed E-state index contributed by atoms with van der Waals surface area (Å²) in [7, 11) is -2.31. The van der Waals surface area contributed by atoms with Crippen LogP contribution in [0.15, 0.2) is 60.0 Å². The zero-order chi connectivity index (χ0) is 20.7. The molecule has 1 amide bonds. The highest BCUT2D eigenvalue weighted by Gasteiger charge is 2.26. The van der Waals surface area contributed by atoms with Gasteiger partial charge in [-0.3, -0.25) is 9.10 Å². The molecule has 1 saturated heterocycles. The van der Waals surface area contributed by atoms with E-state index in [1.807, 2.05) is 30.3 Å². The molecule has 2 aromatic rings. The molecular weight excluding hydrogens is 388 g/mol. The number of anilines is 1. The summed E-state index contributed by atoms with van der Waals surface area (Å²) in [5, 5.41) is 1.15. The van der Waals surface area contributed by atoms with Gasteiger partial charge in [0.05, 0.1) is 18.2 Å². The van der Waals surface area contributed by atoms with Crippen molar-refractivity contribution in [1.29, 1.82) is 0 Å². The smallest absolute Gasteiger partial charge is 0.257 e. The molecule has 0 atom stereocenters. The van der Waals surface area contributed by atoms with Gasteiger partial charge in [0, 0.05) is 13.1 Å². The number of methoxy groups -OCH3 is 1. The lowest BCUT2D eigenvalue weighted by Gasteiger charge is -2.30. The van der Waals surface area contributed by atoms with Crippen LogP contribution < -0.4 is 9.04 Å². The van der Waals surface area contributed by atoms with E-state index in [4.69, 9.17) is 4.74 Å². The Labute approximate surface area is 172 Å². The molecular formula is C22H26N2O4S. The molecule has 29 heavy (non-hydrogen) atoms. The highest BCUT2D eigenvalue weighted by atomic mass is 32.2. The SMILES string of the molecule is COc1ccc(N(CC(=O)N2CCCCC2)S(=O)(=O)/C=C/c2ccccc2)cc1.